The Morgan fingerprint density at radius 3 is 2.38 bits per heavy atom. The van der Waals surface area contributed by atoms with Gasteiger partial charge in [0.1, 0.15) is 0 Å². The van der Waals surface area contributed by atoms with Crippen LogP contribution in [0.2, 0.25) is 0 Å². The molecule has 1 aromatic rings. The van der Waals surface area contributed by atoms with Crippen molar-refractivity contribution in [2.24, 2.45) is 51.2 Å². The number of rotatable bonds is 8. The molecule has 7 rings (SSSR count). The summed E-state index contributed by atoms with van der Waals surface area (Å²) >= 11 is 0. The van der Waals surface area contributed by atoms with E-state index in [0.717, 1.165) is 23.7 Å². The molecule has 1 aliphatic heterocycles. The third kappa shape index (κ3) is 5.84. The van der Waals surface area contributed by atoms with Crippen molar-refractivity contribution in [3.05, 3.63) is 41.5 Å². The van der Waals surface area contributed by atoms with E-state index in [-0.39, 0.29) is 5.41 Å². The van der Waals surface area contributed by atoms with E-state index in [4.69, 9.17) is 0 Å². The lowest BCUT2D eigenvalue weighted by Crippen LogP contribution is -2.61. The summed E-state index contributed by atoms with van der Waals surface area (Å²) in [6, 6.07) is 7.69. The fourth-order valence-corrected chi connectivity index (χ4v) is 14.7. The highest BCUT2D eigenvalue weighted by Gasteiger charge is 2.65. The van der Waals surface area contributed by atoms with E-state index in [0.29, 0.717) is 38.2 Å². The minimum Gasteiger partial charge on any atom is -0.478 e. The summed E-state index contributed by atoms with van der Waals surface area (Å²) in [6.45, 7) is 16.7. The molecule has 1 aromatic carbocycles. The van der Waals surface area contributed by atoms with Crippen molar-refractivity contribution < 1.29 is 9.90 Å². The van der Waals surface area contributed by atoms with Gasteiger partial charge in [0, 0.05) is 37.7 Å². The highest BCUT2D eigenvalue weighted by Crippen LogP contribution is 2.73. The molecule has 260 valence electrons. The van der Waals surface area contributed by atoms with Gasteiger partial charge in [-0.3, -0.25) is 0 Å². The zero-order valence-electron chi connectivity index (χ0n) is 30.4. The zero-order valence-corrected chi connectivity index (χ0v) is 31.2. The average molecular weight is 661 g/mol. The van der Waals surface area contributed by atoms with Crippen LogP contribution in [0.4, 0.5) is 0 Å². The molecule has 0 radical (unpaired) electrons. The van der Waals surface area contributed by atoms with Gasteiger partial charge in [0.25, 0.3) is 0 Å². The maximum absolute atomic E-state index is 11.5. The smallest absolute Gasteiger partial charge is 0.335 e. The van der Waals surface area contributed by atoms with Gasteiger partial charge in [-0.25, -0.2) is 4.79 Å². The van der Waals surface area contributed by atoms with Gasteiger partial charge in [-0.15, -0.1) is 0 Å². The molecule has 6 aliphatic rings. The first-order chi connectivity index (χ1) is 22.4. The molecule has 0 amide bonds. The largest absolute Gasteiger partial charge is 0.478 e. The lowest BCUT2D eigenvalue weighted by atomic mass is 9.36. The van der Waals surface area contributed by atoms with Crippen LogP contribution in [0.25, 0.3) is 5.57 Å². The van der Waals surface area contributed by atoms with E-state index in [1.54, 1.807) is 12.1 Å². The Morgan fingerprint density at radius 2 is 1.66 bits per heavy atom. The molecule has 47 heavy (non-hydrogen) atoms. The van der Waals surface area contributed by atoms with Crippen molar-refractivity contribution in [2.75, 3.05) is 51.3 Å². The number of carboxylic acid groups (broad SMARTS) is 1. The normalized spacial score (nSPS) is 40.2. The highest BCUT2D eigenvalue weighted by molar-refractivity contribution is 8.14. The molecule has 5 aliphatic carbocycles. The number of fused-ring (bicyclic) bond motifs is 7. The molecule has 4 saturated carbocycles. The number of carbonyl (C=O) groups is 1. The number of likely N-dealkylation sites (N-methyl/N-ethyl adjacent to an activating group) is 1. The quantitative estimate of drug-likeness (QED) is 0.283. The number of aromatic carboxylic acids is 1. The van der Waals surface area contributed by atoms with Crippen LogP contribution < -0.4 is 0 Å². The van der Waals surface area contributed by atoms with Crippen LogP contribution in [0, 0.1) is 51.2 Å². The van der Waals surface area contributed by atoms with Crippen molar-refractivity contribution in [3.63, 3.8) is 0 Å². The van der Waals surface area contributed by atoms with Crippen molar-refractivity contribution in [2.45, 2.75) is 98.3 Å². The SMILES string of the molecule is C=S1CCN(CCN(C)CCC23CCC[C@@H]2C2CCC4C(C)(CCC5C(C)(C)C(c6ccc(C(=O)O)cc6)=CCC54C)C2CC3)CC1. The maximum atomic E-state index is 11.5. The predicted octanol–water partition coefficient (Wildman–Crippen LogP) is 9.18. The van der Waals surface area contributed by atoms with E-state index < -0.39 is 5.97 Å². The van der Waals surface area contributed by atoms with Crippen LogP contribution in [0.1, 0.15) is 114 Å². The van der Waals surface area contributed by atoms with E-state index in [9.17, 15) is 9.90 Å². The Labute approximate surface area is 289 Å². The molecule has 1 heterocycles. The first-order valence-electron chi connectivity index (χ1n) is 19.3. The molecule has 8 atom stereocenters. The number of benzene rings is 1. The van der Waals surface area contributed by atoms with Crippen LogP contribution in [-0.4, -0.2) is 78.0 Å². The van der Waals surface area contributed by atoms with Crippen LogP contribution >= 0.6 is 10.5 Å². The lowest BCUT2D eigenvalue weighted by molar-refractivity contribution is -0.178. The Hall–Kier alpha value is -1.43. The van der Waals surface area contributed by atoms with E-state index in [1.165, 1.54) is 126 Å². The summed E-state index contributed by atoms with van der Waals surface area (Å²) in [5.41, 5.74) is 4.52. The summed E-state index contributed by atoms with van der Waals surface area (Å²) in [4.78, 5) is 16.9. The maximum Gasteiger partial charge on any atom is 0.335 e. The topological polar surface area (TPSA) is 43.8 Å². The molecule has 0 aromatic heterocycles. The summed E-state index contributed by atoms with van der Waals surface area (Å²) in [7, 11) is 2.81. The molecule has 4 nitrogen and oxygen atoms in total. The molecule has 5 fully saturated rings. The molecular formula is C42H64N2O2S. The van der Waals surface area contributed by atoms with Crippen LogP contribution in [0.15, 0.2) is 30.3 Å². The van der Waals surface area contributed by atoms with Gasteiger partial charge >= 0.3 is 5.97 Å². The number of nitrogens with zero attached hydrogens (tertiary/aromatic N) is 2. The fraction of sp³-hybridized carbons (Fsp3) is 0.762. The van der Waals surface area contributed by atoms with Crippen molar-refractivity contribution in [1.29, 1.82) is 0 Å². The number of allylic oxidation sites excluding steroid dienone is 2. The Bertz CT molecular complexity index is 1380. The summed E-state index contributed by atoms with van der Waals surface area (Å²) in [5.74, 6) is 10.3. The summed E-state index contributed by atoms with van der Waals surface area (Å²) in [6.07, 6.45) is 18.2. The van der Waals surface area contributed by atoms with E-state index in [2.05, 4.69) is 68.6 Å². The third-order valence-corrected chi connectivity index (χ3v) is 17.4. The molecular weight excluding hydrogens is 597 g/mol. The molecule has 7 unspecified atom stereocenters. The Morgan fingerprint density at radius 1 is 0.915 bits per heavy atom. The van der Waals surface area contributed by atoms with Gasteiger partial charge in [-0.05, 0) is 152 Å². The minimum atomic E-state index is -0.843. The minimum absolute atomic E-state index is 0.0824. The van der Waals surface area contributed by atoms with Crippen molar-refractivity contribution >= 4 is 27.9 Å². The Kier molecular flexibility index (Phi) is 9.21. The third-order valence-electron chi connectivity index (χ3n) is 15.9. The first kappa shape index (κ1) is 34.0. The molecule has 0 bridgehead atoms. The number of hydrogen-bond acceptors (Lipinski definition) is 3. The van der Waals surface area contributed by atoms with Gasteiger partial charge in [-0.2, -0.15) is 10.5 Å². The first-order valence-corrected chi connectivity index (χ1v) is 21.0. The van der Waals surface area contributed by atoms with Gasteiger partial charge in [0.05, 0.1) is 5.56 Å². The predicted molar refractivity (Wildman–Crippen MR) is 200 cm³/mol. The number of carboxylic acids is 1. The van der Waals surface area contributed by atoms with E-state index >= 15 is 0 Å². The molecule has 5 heteroatoms. The van der Waals surface area contributed by atoms with Gasteiger partial charge in [-0.1, -0.05) is 58.2 Å². The van der Waals surface area contributed by atoms with Crippen molar-refractivity contribution in [3.8, 4) is 0 Å². The summed E-state index contributed by atoms with van der Waals surface area (Å²) in [5, 5.41) is 9.45. The van der Waals surface area contributed by atoms with Gasteiger partial charge in [0.2, 0.25) is 0 Å². The van der Waals surface area contributed by atoms with Crippen LogP contribution in [0.5, 0.6) is 0 Å². The fourth-order valence-electron chi connectivity index (χ4n) is 13.5. The van der Waals surface area contributed by atoms with Gasteiger partial charge in [0.15, 0.2) is 0 Å². The standard InChI is InChI=1S/C42H64N2O2S/c1-39(2)33(30-9-11-31(12-10-30)38(45)46)15-19-41(4)36(39)17-20-40(3)34-16-21-42(18-7-8-35(42)32(34)13-14-37(40)41)22-23-43(5)24-25-44-26-28-47(6)29-27-44/h9-12,15,32,34-37H,6-8,13-14,16-29H2,1-5H3,(H,45,46)/t32?,34?,35-,36?,37?,40?,41?,42?/m1/s1. The molecule has 0 spiro atoms. The lowest BCUT2D eigenvalue weighted by Gasteiger charge is -2.68. The molecule has 1 saturated heterocycles. The second-order valence-electron chi connectivity index (χ2n) is 18.2. The second kappa shape index (κ2) is 12.7. The molecule has 1 N–H and O–H groups in total. The van der Waals surface area contributed by atoms with Crippen LogP contribution in [0.3, 0.4) is 0 Å². The number of hydrogen-bond donors (Lipinski definition) is 1. The highest BCUT2D eigenvalue weighted by atomic mass is 32.2. The Balaban J connectivity index is 1.04. The van der Waals surface area contributed by atoms with Gasteiger partial charge < -0.3 is 14.9 Å². The second-order valence-corrected chi connectivity index (χ2v) is 20.3. The average Bonchev–Trinajstić information content (AvgIpc) is 3.48. The summed E-state index contributed by atoms with van der Waals surface area (Å²) < 4.78 is 0. The van der Waals surface area contributed by atoms with E-state index in [1.807, 2.05) is 0 Å². The monoisotopic (exact) mass is 660 g/mol. The zero-order chi connectivity index (χ0) is 33.2. The van der Waals surface area contributed by atoms with Crippen LogP contribution in [-0.2, 0) is 0 Å². The van der Waals surface area contributed by atoms with Crippen molar-refractivity contribution in [1.82, 2.24) is 9.80 Å².